The largest absolute Gasteiger partial charge is 0.348 e. The van der Waals surface area contributed by atoms with Crippen molar-refractivity contribution in [3.63, 3.8) is 0 Å². The summed E-state index contributed by atoms with van der Waals surface area (Å²) in [6.07, 6.45) is 4.03. The highest BCUT2D eigenvalue weighted by molar-refractivity contribution is 7.92. The van der Waals surface area contributed by atoms with Gasteiger partial charge in [0, 0.05) is 0 Å². The Morgan fingerprint density at radius 1 is 1.19 bits per heavy atom. The minimum Gasteiger partial charge on any atom is -0.348 e. The van der Waals surface area contributed by atoms with Crippen LogP contribution in [0.3, 0.4) is 0 Å². The molecule has 1 aliphatic rings. The first-order chi connectivity index (χ1) is 12.8. The van der Waals surface area contributed by atoms with E-state index in [9.17, 15) is 13.2 Å². The monoisotopic (exact) mass is 386 g/mol. The maximum atomic E-state index is 12.7. The van der Waals surface area contributed by atoms with Crippen LogP contribution in [0.25, 0.3) is 0 Å². The van der Waals surface area contributed by atoms with Crippen LogP contribution in [0.1, 0.15) is 41.1 Å². The molecular formula is C21H26N2O3S. The molecule has 0 radical (unpaired) electrons. The highest BCUT2D eigenvalue weighted by atomic mass is 32.2. The van der Waals surface area contributed by atoms with E-state index in [1.54, 1.807) is 6.07 Å². The third-order valence-corrected chi connectivity index (χ3v) is 6.15. The predicted molar refractivity (Wildman–Crippen MR) is 108 cm³/mol. The number of nitrogens with zero attached hydrogens (tertiary/aromatic N) is 1. The van der Waals surface area contributed by atoms with E-state index in [-0.39, 0.29) is 18.5 Å². The Morgan fingerprint density at radius 2 is 1.93 bits per heavy atom. The molecule has 1 N–H and O–H groups in total. The molecule has 1 aliphatic carbocycles. The minimum absolute atomic E-state index is 0.0672. The lowest BCUT2D eigenvalue weighted by molar-refractivity contribution is -0.120. The molecule has 0 aromatic heterocycles. The van der Waals surface area contributed by atoms with Crippen LogP contribution in [0, 0.1) is 13.8 Å². The Bertz CT molecular complexity index is 954. The number of benzene rings is 2. The van der Waals surface area contributed by atoms with E-state index in [2.05, 4.69) is 11.4 Å². The number of carbonyl (C=O) groups is 1. The van der Waals surface area contributed by atoms with Gasteiger partial charge in [0.15, 0.2) is 0 Å². The topological polar surface area (TPSA) is 66.5 Å². The molecule has 0 spiro atoms. The summed E-state index contributed by atoms with van der Waals surface area (Å²) in [5, 5.41) is 3.04. The van der Waals surface area contributed by atoms with Gasteiger partial charge < -0.3 is 5.32 Å². The van der Waals surface area contributed by atoms with Crippen LogP contribution >= 0.6 is 0 Å². The van der Waals surface area contributed by atoms with E-state index < -0.39 is 10.0 Å². The molecule has 3 rings (SSSR count). The molecule has 0 fully saturated rings. The Labute approximate surface area is 161 Å². The lowest BCUT2D eigenvalue weighted by Crippen LogP contribution is -2.42. The van der Waals surface area contributed by atoms with Gasteiger partial charge in [0.25, 0.3) is 0 Å². The number of nitrogens with one attached hydrogen (secondary N) is 1. The van der Waals surface area contributed by atoms with Gasteiger partial charge >= 0.3 is 0 Å². The lowest BCUT2D eigenvalue weighted by Gasteiger charge is -2.28. The van der Waals surface area contributed by atoms with Gasteiger partial charge in [0.05, 0.1) is 18.0 Å². The summed E-state index contributed by atoms with van der Waals surface area (Å²) in [5.74, 6) is -0.289. The first-order valence-electron chi connectivity index (χ1n) is 9.18. The number of aryl methyl sites for hydroxylation is 3. The van der Waals surface area contributed by atoms with Crippen LogP contribution in [-0.2, 0) is 21.2 Å². The summed E-state index contributed by atoms with van der Waals surface area (Å²) in [6.45, 7) is 3.53. The summed E-state index contributed by atoms with van der Waals surface area (Å²) < 4.78 is 25.9. The van der Waals surface area contributed by atoms with Crippen LogP contribution < -0.4 is 9.62 Å². The second-order valence-corrected chi connectivity index (χ2v) is 9.18. The van der Waals surface area contributed by atoms with Gasteiger partial charge in [0.2, 0.25) is 15.9 Å². The zero-order chi connectivity index (χ0) is 19.6. The smallest absolute Gasteiger partial charge is 0.241 e. The van der Waals surface area contributed by atoms with Crippen molar-refractivity contribution in [2.45, 2.75) is 39.2 Å². The molecule has 1 atom stereocenters. The van der Waals surface area contributed by atoms with E-state index in [0.29, 0.717) is 5.69 Å². The Hall–Kier alpha value is -2.34. The highest BCUT2D eigenvalue weighted by Crippen LogP contribution is 2.29. The molecule has 0 aliphatic heterocycles. The van der Waals surface area contributed by atoms with Gasteiger partial charge in [-0.3, -0.25) is 9.10 Å². The van der Waals surface area contributed by atoms with Gasteiger partial charge in [0.1, 0.15) is 6.54 Å². The summed E-state index contributed by atoms with van der Waals surface area (Å²) in [7, 11) is -3.58. The summed E-state index contributed by atoms with van der Waals surface area (Å²) >= 11 is 0. The number of rotatable bonds is 5. The van der Waals surface area contributed by atoms with E-state index in [1.807, 2.05) is 44.2 Å². The number of anilines is 1. The maximum Gasteiger partial charge on any atom is 0.241 e. The lowest BCUT2D eigenvalue weighted by atomic mass is 9.88. The molecule has 0 bridgehead atoms. The van der Waals surface area contributed by atoms with Gasteiger partial charge in [-0.1, -0.05) is 36.4 Å². The molecule has 2 aromatic carbocycles. The van der Waals surface area contributed by atoms with Crippen LogP contribution in [0.4, 0.5) is 5.69 Å². The van der Waals surface area contributed by atoms with Crippen molar-refractivity contribution in [3.8, 4) is 0 Å². The highest BCUT2D eigenvalue weighted by Gasteiger charge is 2.26. The number of hydrogen-bond donors (Lipinski definition) is 1. The number of amides is 1. The predicted octanol–water partition coefficient (Wildman–Crippen LogP) is 3.26. The molecule has 0 heterocycles. The summed E-state index contributed by atoms with van der Waals surface area (Å²) in [4.78, 5) is 12.7. The fraction of sp³-hybridized carbons (Fsp3) is 0.381. The molecular weight excluding hydrogens is 360 g/mol. The fourth-order valence-electron chi connectivity index (χ4n) is 3.64. The van der Waals surface area contributed by atoms with E-state index in [0.717, 1.165) is 42.2 Å². The van der Waals surface area contributed by atoms with Crippen molar-refractivity contribution in [2.24, 2.45) is 0 Å². The Balaban J connectivity index is 1.81. The molecule has 27 heavy (non-hydrogen) atoms. The molecule has 5 nitrogen and oxygen atoms in total. The standard InChI is InChI=1S/C21H26N2O3S/c1-15-11-12-16(2)20(13-15)23(27(3,25)26)14-21(24)22-19-10-6-8-17-7-4-5-9-18(17)19/h4-5,7,9,11-13,19H,6,8,10,14H2,1-3H3,(H,22,24)/t19-/m1/s1. The van der Waals surface area contributed by atoms with Gasteiger partial charge in [-0.2, -0.15) is 0 Å². The molecule has 144 valence electrons. The van der Waals surface area contributed by atoms with Crippen molar-refractivity contribution >= 4 is 21.6 Å². The van der Waals surface area contributed by atoms with Gasteiger partial charge in [-0.15, -0.1) is 0 Å². The summed E-state index contributed by atoms with van der Waals surface area (Å²) in [5.41, 5.74) is 4.71. The molecule has 0 saturated heterocycles. The molecule has 0 saturated carbocycles. The van der Waals surface area contributed by atoms with Crippen molar-refractivity contribution in [1.82, 2.24) is 5.32 Å². The average molecular weight is 387 g/mol. The van der Waals surface area contributed by atoms with Crippen LogP contribution in [-0.4, -0.2) is 27.1 Å². The van der Waals surface area contributed by atoms with Crippen molar-refractivity contribution in [3.05, 3.63) is 64.7 Å². The third-order valence-electron chi connectivity index (χ3n) is 5.03. The van der Waals surface area contributed by atoms with Crippen LogP contribution in [0.2, 0.25) is 0 Å². The van der Waals surface area contributed by atoms with Crippen molar-refractivity contribution < 1.29 is 13.2 Å². The van der Waals surface area contributed by atoms with Gasteiger partial charge in [-0.25, -0.2) is 8.42 Å². The van der Waals surface area contributed by atoms with Crippen molar-refractivity contribution in [1.29, 1.82) is 0 Å². The number of hydrogen-bond acceptors (Lipinski definition) is 3. The minimum atomic E-state index is -3.58. The Morgan fingerprint density at radius 3 is 2.67 bits per heavy atom. The molecule has 0 unspecified atom stereocenters. The van der Waals surface area contributed by atoms with E-state index >= 15 is 0 Å². The zero-order valence-corrected chi connectivity index (χ0v) is 16.8. The van der Waals surface area contributed by atoms with Gasteiger partial charge in [-0.05, 0) is 61.4 Å². The average Bonchev–Trinajstić information content (AvgIpc) is 2.61. The number of fused-ring (bicyclic) bond motifs is 1. The summed E-state index contributed by atoms with van der Waals surface area (Å²) in [6, 6.07) is 13.7. The number of carbonyl (C=O) groups excluding carboxylic acids is 1. The van der Waals surface area contributed by atoms with Crippen LogP contribution in [0.15, 0.2) is 42.5 Å². The Kier molecular flexibility index (Phi) is 5.56. The molecule has 1 amide bonds. The number of sulfonamides is 1. The first-order valence-corrected chi connectivity index (χ1v) is 11.0. The zero-order valence-electron chi connectivity index (χ0n) is 16.0. The van der Waals surface area contributed by atoms with Crippen molar-refractivity contribution in [2.75, 3.05) is 17.1 Å². The maximum absolute atomic E-state index is 12.7. The third kappa shape index (κ3) is 4.50. The normalized spacial score (nSPS) is 16.5. The SMILES string of the molecule is Cc1ccc(C)c(N(CC(=O)N[C@@H]2CCCc3ccccc32)S(C)(=O)=O)c1. The second-order valence-electron chi connectivity index (χ2n) is 7.27. The van der Waals surface area contributed by atoms with E-state index in [1.165, 1.54) is 9.87 Å². The van der Waals surface area contributed by atoms with Crippen LogP contribution in [0.5, 0.6) is 0 Å². The fourth-order valence-corrected chi connectivity index (χ4v) is 4.55. The second kappa shape index (κ2) is 7.72. The first kappa shape index (κ1) is 19.4. The molecule has 6 heteroatoms. The van der Waals surface area contributed by atoms with E-state index in [4.69, 9.17) is 0 Å². The molecule has 2 aromatic rings. The quantitative estimate of drug-likeness (QED) is 0.858.